The van der Waals surface area contributed by atoms with E-state index in [-0.39, 0.29) is 47.8 Å². The molecule has 0 aliphatic rings. The highest BCUT2D eigenvalue weighted by atomic mass is 79.9. The van der Waals surface area contributed by atoms with E-state index < -0.39 is 12.0 Å². The van der Waals surface area contributed by atoms with Crippen LogP contribution in [0.25, 0.3) is 0 Å². The third kappa shape index (κ3) is 4.92. The lowest BCUT2D eigenvalue weighted by Gasteiger charge is -2.15. The van der Waals surface area contributed by atoms with Gasteiger partial charge in [-0.3, -0.25) is 0 Å². The standard InChI is InChI=1S/C15H10Cl5NO2.BrH/c16-9-10(17)12(19)14(13(20)11(9)18)23-15(22)8(21)6-7-4-2-1-3-5-7;/h1-5,8H,6,21H2;1H. The molecule has 130 valence electrons. The third-order valence-corrected chi connectivity index (χ3v) is 5.22. The van der Waals surface area contributed by atoms with Gasteiger partial charge < -0.3 is 10.5 Å². The zero-order valence-electron chi connectivity index (χ0n) is 11.9. The Hall–Kier alpha value is -0.200. The molecule has 2 rings (SSSR count). The van der Waals surface area contributed by atoms with Gasteiger partial charge in [-0.1, -0.05) is 88.3 Å². The fraction of sp³-hybridized carbons (Fsp3) is 0.133. The van der Waals surface area contributed by atoms with Crippen molar-refractivity contribution in [3.8, 4) is 5.75 Å². The first-order chi connectivity index (χ1) is 10.8. The molecule has 0 heterocycles. The second kappa shape index (κ2) is 9.48. The molecule has 0 radical (unpaired) electrons. The molecule has 3 nitrogen and oxygen atoms in total. The van der Waals surface area contributed by atoms with Gasteiger partial charge in [0.05, 0.1) is 15.1 Å². The lowest BCUT2D eigenvalue weighted by atomic mass is 10.1. The highest BCUT2D eigenvalue weighted by Crippen LogP contribution is 2.48. The van der Waals surface area contributed by atoms with Gasteiger partial charge in [0.2, 0.25) is 0 Å². The first-order valence-electron chi connectivity index (χ1n) is 6.35. The molecule has 0 saturated carbocycles. The molecule has 0 aliphatic carbocycles. The minimum Gasteiger partial charge on any atom is -0.422 e. The molecular formula is C15H11BrCl5NO2. The van der Waals surface area contributed by atoms with E-state index in [1.54, 1.807) is 0 Å². The van der Waals surface area contributed by atoms with Gasteiger partial charge in [-0.05, 0) is 12.0 Å². The summed E-state index contributed by atoms with van der Waals surface area (Å²) in [5.41, 5.74) is 6.74. The van der Waals surface area contributed by atoms with Crippen LogP contribution in [0.2, 0.25) is 25.1 Å². The summed E-state index contributed by atoms with van der Waals surface area (Å²) in [7, 11) is 0. The minimum atomic E-state index is -0.905. The molecule has 9 heteroatoms. The Balaban J connectivity index is 0.00000288. The van der Waals surface area contributed by atoms with E-state index in [1.807, 2.05) is 30.3 Å². The SMILES string of the molecule is Br.NC(Cc1ccccc1)C(=O)Oc1c(Cl)c(Cl)c(Cl)c(Cl)c1Cl. The van der Waals surface area contributed by atoms with Crippen LogP contribution in [0.5, 0.6) is 5.75 Å². The Morgan fingerprint density at radius 1 is 0.917 bits per heavy atom. The predicted molar refractivity (Wildman–Crippen MR) is 106 cm³/mol. The van der Waals surface area contributed by atoms with Crippen molar-refractivity contribution in [2.24, 2.45) is 5.73 Å². The Labute approximate surface area is 174 Å². The first kappa shape index (κ1) is 21.8. The fourth-order valence-electron chi connectivity index (χ4n) is 1.80. The maximum absolute atomic E-state index is 12.1. The molecule has 0 aromatic heterocycles. The third-order valence-electron chi connectivity index (χ3n) is 2.97. The van der Waals surface area contributed by atoms with Crippen LogP contribution in [-0.4, -0.2) is 12.0 Å². The molecule has 0 aliphatic heterocycles. The van der Waals surface area contributed by atoms with E-state index >= 15 is 0 Å². The van der Waals surface area contributed by atoms with Crippen molar-refractivity contribution in [1.29, 1.82) is 0 Å². The Morgan fingerprint density at radius 3 is 1.88 bits per heavy atom. The Bertz CT molecular complexity index is 713. The van der Waals surface area contributed by atoms with Crippen molar-refractivity contribution < 1.29 is 9.53 Å². The van der Waals surface area contributed by atoms with Gasteiger partial charge in [0, 0.05) is 0 Å². The van der Waals surface area contributed by atoms with Crippen LogP contribution in [0.4, 0.5) is 0 Å². The quantitative estimate of drug-likeness (QED) is 0.245. The number of carbonyl (C=O) groups is 1. The molecule has 0 saturated heterocycles. The van der Waals surface area contributed by atoms with Crippen molar-refractivity contribution in [1.82, 2.24) is 0 Å². The second-order valence-electron chi connectivity index (χ2n) is 4.62. The summed E-state index contributed by atoms with van der Waals surface area (Å²) in [6.07, 6.45) is 0.296. The number of hydrogen-bond acceptors (Lipinski definition) is 3. The fourth-order valence-corrected chi connectivity index (χ4v) is 3.00. The van der Waals surface area contributed by atoms with Crippen molar-refractivity contribution >= 4 is 81.0 Å². The first-order valence-corrected chi connectivity index (χ1v) is 8.24. The van der Waals surface area contributed by atoms with E-state index in [2.05, 4.69) is 0 Å². The number of benzene rings is 2. The summed E-state index contributed by atoms with van der Waals surface area (Å²) in [5, 5.41) is -0.335. The predicted octanol–water partition coefficient (Wildman–Crippen LogP) is 6.01. The number of esters is 1. The van der Waals surface area contributed by atoms with E-state index in [1.165, 1.54) is 0 Å². The molecule has 2 aromatic rings. The van der Waals surface area contributed by atoms with Crippen LogP contribution >= 0.6 is 75.0 Å². The monoisotopic (exact) mass is 491 g/mol. The van der Waals surface area contributed by atoms with Crippen molar-refractivity contribution in [3.05, 3.63) is 61.0 Å². The molecule has 0 fully saturated rings. The molecule has 0 spiro atoms. The number of hydrogen-bond donors (Lipinski definition) is 1. The normalized spacial score (nSPS) is 11.6. The highest BCUT2D eigenvalue weighted by Gasteiger charge is 2.25. The minimum absolute atomic E-state index is 0. The van der Waals surface area contributed by atoms with Gasteiger partial charge in [-0.2, -0.15) is 0 Å². The summed E-state index contributed by atoms with van der Waals surface area (Å²) < 4.78 is 5.17. The average molecular weight is 494 g/mol. The maximum atomic E-state index is 12.1. The van der Waals surface area contributed by atoms with E-state index in [0.717, 1.165) is 5.56 Å². The summed E-state index contributed by atoms with van der Waals surface area (Å²) in [6, 6.07) is 8.36. The second-order valence-corrected chi connectivity index (χ2v) is 6.51. The lowest BCUT2D eigenvalue weighted by Crippen LogP contribution is -2.36. The summed E-state index contributed by atoms with van der Waals surface area (Å²) in [4.78, 5) is 12.1. The summed E-state index contributed by atoms with van der Waals surface area (Å²) >= 11 is 29.7. The van der Waals surface area contributed by atoms with Gasteiger partial charge in [0.25, 0.3) is 0 Å². The summed E-state index contributed by atoms with van der Waals surface area (Å²) in [5.74, 6) is -0.881. The zero-order valence-corrected chi connectivity index (χ0v) is 17.4. The average Bonchev–Trinajstić information content (AvgIpc) is 2.55. The number of rotatable bonds is 4. The molecular weight excluding hydrogens is 483 g/mol. The molecule has 1 unspecified atom stereocenters. The number of halogens is 6. The molecule has 2 aromatic carbocycles. The van der Waals surface area contributed by atoms with Crippen LogP contribution in [0.3, 0.4) is 0 Å². The Kier molecular flexibility index (Phi) is 8.63. The topological polar surface area (TPSA) is 52.3 Å². The van der Waals surface area contributed by atoms with E-state index in [0.29, 0.717) is 6.42 Å². The largest absolute Gasteiger partial charge is 0.422 e. The number of ether oxygens (including phenoxy) is 1. The number of nitrogens with two attached hydrogens (primary N) is 1. The van der Waals surface area contributed by atoms with E-state index in [9.17, 15) is 4.79 Å². The molecule has 1 atom stereocenters. The molecule has 0 bridgehead atoms. The van der Waals surface area contributed by atoms with Gasteiger partial charge in [-0.15, -0.1) is 17.0 Å². The van der Waals surface area contributed by atoms with Crippen molar-refractivity contribution in [2.45, 2.75) is 12.5 Å². The van der Waals surface area contributed by atoms with Crippen LogP contribution in [-0.2, 0) is 11.2 Å². The highest BCUT2D eigenvalue weighted by molar-refractivity contribution is 8.93. The van der Waals surface area contributed by atoms with Crippen molar-refractivity contribution in [3.63, 3.8) is 0 Å². The van der Waals surface area contributed by atoms with Gasteiger partial charge in [-0.25, -0.2) is 4.79 Å². The zero-order chi connectivity index (χ0) is 17.1. The van der Waals surface area contributed by atoms with E-state index in [4.69, 9.17) is 68.5 Å². The van der Waals surface area contributed by atoms with Crippen LogP contribution in [0.15, 0.2) is 30.3 Å². The Morgan fingerprint density at radius 2 is 1.38 bits per heavy atom. The molecule has 2 N–H and O–H groups in total. The smallest absolute Gasteiger partial charge is 0.328 e. The van der Waals surface area contributed by atoms with Crippen LogP contribution in [0, 0.1) is 0 Å². The van der Waals surface area contributed by atoms with Gasteiger partial charge in [0.1, 0.15) is 16.1 Å². The maximum Gasteiger partial charge on any atom is 0.328 e. The van der Waals surface area contributed by atoms with Gasteiger partial charge in [0.15, 0.2) is 5.75 Å². The number of carbonyl (C=O) groups excluding carboxylic acids is 1. The summed E-state index contributed by atoms with van der Waals surface area (Å²) in [6.45, 7) is 0. The van der Waals surface area contributed by atoms with Gasteiger partial charge >= 0.3 is 5.97 Å². The molecule has 0 amide bonds. The molecule has 24 heavy (non-hydrogen) atoms. The van der Waals surface area contributed by atoms with Crippen LogP contribution in [0.1, 0.15) is 5.56 Å². The van der Waals surface area contributed by atoms with Crippen LogP contribution < -0.4 is 10.5 Å². The lowest BCUT2D eigenvalue weighted by molar-refractivity contribution is -0.135. The van der Waals surface area contributed by atoms with Crippen molar-refractivity contribution in [2.75, 3.05) is 0 Å².